The van der Waals surface area contributed by atoms with Gasteiger partial charge in [-0.2, -0.15) is 0 Å². The molecule has 3 N–H and O–H groups in total. The first-order chi connectivity index (χ1) is 10.7. The SMILES string of the molecule is NC(=O)Oc1cccn2cc(-c3ccc4[nH]ccc4c3)nc12. The molecule has 3 aromatic heterocycles. The van der Waals surface area contributed by atoms with Crippen LogP contribution in [0.2, 0.25) is 0 Å². The van der Waals surface area contributed by atoms with E-state index in [1.807, 2.05) is 36.8 Å². The number of fused-ring (bicyclic) bond motifs is 2. The summed E-state index contributed by atoms with van der Waals surface area (Å²) in [6.45, 7) is 0. The summed E-state index contributed by atoms with van der Waals surface area (Å²) in [5.74, 6) is 0.337. The molecule has 4 aromatic rings. The van der Waals surface area contributed by atoms with Gasteiger partial charge in [-0.15, -0.1) is 0 Å². The maximum Gasteiger partial charge on any atom is 0.410 e. The highest BCUT2D eigenvalue weighted by Gasteiger charge is 2.11. The summed E-state index contributed by atoms with van der Waals surface area (Å²) in [4.78, 5) is 18.7. The predicted molar refractivity (Wildman–Crippen MR) is 82.7 cm³/mol. The average molecular weight is 292 g/mol. The summed E-state index contributed by atoms with van der Waals surface area (Å²) in [6, 6.07) is 11.5. The lowest BCUT2D eigenvalue weighted by molar-refractivity contribution is 0.211. The number of H-pyrrole nitrogens is 1. The second-order valence-electron chi connectivity index (χ2n) is 4.93. The molecule has 6 heteroatoms. The van der Waals surface area contributed by atoms with Gasteiger partial charge in [0.05, 0.1) is 5.69 Å². The Kier molecular flexibility index (Phi) is 2.62. The van der Waals surface area contributed by atoms with Gasteiger partial charge in [0.15, 0.2) is 11.4 Å². The standard InChI is InChI=1S/C16H12N4O2/c17-16(21)22-14-2-1-7-20-9-13(19-15(14)20)10-3-4-12-11(8-10)5-6-18-12/h1-9,18H,(H2,17,21). The van der Waals surface area contributed by atoms with Crippen LogP contribution in [-0.2, 0) is 0 Å². The molecule has 22 heavy (non-hydrogen) atoms. The average Bonchev–Trinajstić information content (AvgIpc) is 3.12. The summed E-state index contributed by atoms with van der Waals surface area (Å²) in [6.07, 6.45) is 4.77. The highest BCUT2D eigenvalue weighted by molar-refractivity contribution is 5.84. The van der Waals surface area contributed by atoms with Gasteiger partial charge in [0, 0.05) is 35.1 Å². The van der Waals surface area contributed by atoms with E-state index in [0.29, 0.717) is 11.4 Å². The molecule has 0 aliphatic heterocycles. The number of hydrogen-bond donors (Lipinski definition) is 2. The van der Waals surface area contributed by atoms with Gasteiger partial charge in [-0.3, -0.25) is 0 Å². The Bertz CT molecular complexity index is 1000. The number of carbonyl (C=O) groups is 1. The van der Waals surface area contributed by atoms with E-state index in [4.69, 9.17) is 10.5 Å². The molecular formula is C16H12N4O2. The number of aromatic nitrogens is 3. The Morgan fingerprint density at radius 2 is 2.18 bits per heavy atom. The van der Waals surface area contributed by atoms with Crippen molar-refractivity contribution >= 4 is 22.6 Å². The molecule has 108 valence electrons. The minimum atomic E-state index is -0.855. The lowest BCUT2D eigenvalue weighted by atomic mass is 10.1. The van der Waals surface area contributed by atoms with Crippen molar-refractivity contribution in [3.63, 3.8) is 0 Å². The van der Waals surface area contributed by atoms with E-state index in [1.54, 1.807) is 16.5 Å². The summed E-state index contributed by atoms with van der Waals surface area (Å²) >= 11 is 0. The Morgan fingerprint density at radius 3 is 3.05 bits per heavy atom. The Labute approximate surface area is 125 Å². The van der Waals surface area contributed by atoms with Crippen LogP contribution in [0.4, 0.5) is 4.79 Å². The third-order valence-electron chi connectivity index (χ3n) is 3.51. The van der Waals surface area contributed by atoms with Crippen molar-refractivity contribution < 1.29 is 9.53 Å². The van der Waals surface area contributed by atoms with Crippen LogP contribution in [0, 0.1) is 0 Å². The van der Waals surface area contributed by atoms with Gasteiger partial charge in [0.2, 0.25) is 0 Å². The van der Waals surface area contributed by atoms with E-state index >= 15 is 0 Å². The fourth-order valence-electron chi connectivity index (χ4n) is 2.53. The minimum Gasteiger partial charge on any atom is -0.406 e. The van der Waals surface area contributed by atoms with Crippen molar-refractivity contribution in [1.82, 2.24) is 14.4 Å². The zero-order valence-electron chi connectivity index (χ0n) is 11.5. The zero-order chi connectivity index (χ0) is 15.1. The Morgan fingerprint density at radius 1 is 1.27 bits per heavy atom. The number of aromatic amines is 1. The molecule has 0 bridgehead atoms. The number of rotatable bonds is 2. The molecule has 6 nitrogen and oxygen atoms in total. The lowest BCUT2D eigenvalue weighted by Gasteiger charge is -2.01. The zero-order valence-corrected chi connectivity index (χ0v) is 11.5. The Balaban J connectivity index is 1.86. The first-order valence-electron chi connectivity index (χ1n) is 6.73. The highest BCUT2D eigenvalue weighted by atomic mass is 16.5. The minimum absolute atomic E-state index is 0.337. The van der Waals surface area contributed by atoms with Gasteiger partial charge in [0.25, 0.3) is 0 Å². The molecule has 0 atom stereocenters. The third-order valence-corrected chi connectivity index (χ3v) is 3.51. The van der Waals surface area contributed by atoms with Gasteiger partial charge in [-0.25, -0.2) is 9.78 Å². The maximum absolute atomic E-state index is 11.0. The largest absolute Gasteiger partial charge is 0.410 e. The van der Waals surface area contributed by atoms with Crippen LogP contribution < -0.4 is 10.5 Å². The van der Waals surface area contributed by atoms with Crippen molar-refractivity contribution in [2.24, 2.45) is 5.73 Å². The smallest absolute Gasteiger partial charge is 0.406 e. The van der Waals surface area contributed by atoms with Crippen molar-refractivity contribution in [1.29, 1.82) is 0 Å². The maximum atomic E-state index is 11.0. The number of imidazole rings is 1. The van der Waals surface area contributed by atoms with Crippen LogP contribution in [0.3, 0.4) is 0 Å². The number of primary amides is 1. The van der Waals surface area contributed by atoms with Crippen LogP contribution >= 0.6 is 0 Å². The van der Waals surface area contributed by atoms with Crippen LogP contribution in [0.1, 0.15) is 0 Å². The van der Waals surface area contributed by atoms with Crippen LogP contribution in [0.5, 0.6) is 5.75 Å². The van der Waals surface area contributed by atoms with Crippen LogP contribution in [-0.4, -0.2) is 20.5 Å². The van der Waals surface area contributed by atoms with E-state index in [1.165, 1.54) is 0 Å². The van der Waals surface area contributed by atoms with E-state index in [2.05, 4.69) is 16.0 Å². The van der Waals surface area contributed by atoms with Crippen molar-refractivity contribution in [3.8, 4) is 17.0 Å². The quantitative estimate of drug-likeness (QED) is 0.595. The number of carbonyl (C=O) groups excluding carboxylic acids is 1. The molecular weight excluding hydrogens is 280 g/mol. The van der Waals surface area contributed by atoms with Gasteiger partial charge in [-0.05, 0) is 30.3 Å². The van der Waals surface area contributed by atoms with E-state index in [0.717, 1.165) is 22.2 Å². The van der Waals surface area contributed by atoms with Crippen LogP contribution in [0.15, 0.2) is 55.0 Å². The van der Waals surface area contributed by atoms with Gasteiger partial charge >= 0.3 is 6.09 Å². The summed E-state index contributed by atoms with van der Waals surface area (Å²) < 4.78 is 6.79. The topological polar surface area (TPSA) is 85.4 Å². The first-order valence-corrected chi connectivity index (χ1v) is 6.73. The first kappa shape index (κ1) is 12.5. The van der Waals surface area contributed by atoms with Crippen LogP contribution in [0.25, 0.3) is 27.8 Å². The lowest BCUT2D eigenvalue weighted by Crippen LogP contribution is -2.16. The monoisotopic (exact) mass is 292 g/mol. The number of ether oxygens (including phenoxy) is 1. The number of nitrogens with two attached hydrogens (primary N) is 1. The van der Waals surface area contributed by atoms with E-state index in [9.17, 15) is 4.79 Å². The number of hydrogen-bond acceptors (Lipinski definition) is 3. The highest BCUT2D eigenvalue weighted by Crippen LogP contribution is 2.26. The predicted octanol–water partition coefficient (Wildman–Crippen LogP) is 2.94. The van der Waals surface area contributed by atoms with Gasteiger partial charge in [-0.1, -0.05) is 6.07 Å². The second-order valence-corrected chi connectivity index (χ2v) is 4.93. The molecule has 0 fully saturated rings. The van der Waals surface area contributed by atoms with Crippen molar-refractivity contribution in [2.75, 3.05) is 0 Å². The third kappa shape index (κ3) is 1.98. The summed E-state index contributed by atoms with van der Waals surface area (Å²) in [5, 5.41) is 1.11. The van der Waals surface area contributed by atoms with E-state index in [-0.39, 0.29) is 0 Å². The Hall–Kier alpha value is -3.28. The molecule has 0 spiro atoms. The summed E-state index contributed by atoms with van der Waals surface area (Å²) in [7, 11) is 0. The molecule has 0 saturated heterocycles. The number of pyridine rings is 1. The number of nitrogens with one attached hydrogen (secondary N) is 1. The fraction of sp³-hybridized carbons (Fsp3) is 0. The number of nitrogens with zero attached hydrogens (tertiary/aromatic N) is 2. The molecule has 3 heterocycles. The molecule has 1 aromatic carbocycles. The fourth-order valence-corrected chi connectivity index (χ4v) is 2.53. The molecule has 0 radical (unpaired) electrons. The normalized spacial score (nSPS) is 11.1. The molecule has 1 amide bonds. The number of benzene rings is 1. The second kappa shape index (κ2) is 4.63. The summed E-state index contributed by atoms with van der Waals surface area (Å²) in [5.41, 5.74) is 8.49. The van der Waals surface area contributed by atoms with Crippen molar-refractivity contribution in [3.05, 3.63) is 55.0 Å². The van der Waals surface area contributed by atoms with Gasteiger partial charge < -0.3 is 19.9 Å². The molecule has 0 aliphatic carbocycles. The van der Waals surface area contributed by atoms with Gasteiger partial charge in [0.1, 0.15) is 0 Å². The van der Waals surface area contributed by atoms with E-state index < -0.39 is 6.09 Å². The number of amides is 1. The molecule has 0 unspecified atom stereocenters. The molecule has 0 aliphatic rings. The van der Waals surface area contributed by atoms with Crippen molar-refractivity contribution in [2.45, 2.75) is 0 Å². The molecule has 0 saturated carbocycles. The molecule has 4 rings (SSSR count).